The number of aromatic nitrogens is 1. The first kappa shape index (κ1) is 11.6. The van der Waals surface area contributed by atoms with E-state index in [4.69, 9.17) is 11.6 Å². The van der Waals surface area contributed by atoms with Gasteiger partial charge in [0.2, 0.25) is 0 Å². The van der Waals surface area contributed by atoms with Crippen molar-refractivity contribution in [1.82, 2.24) is 5.16 Å². The van der Waals surface area contributed by atoms with Crippen molar-refractivity contribution in [2.24, 2.45) is 0 Å². The molecule has 12 heavy (non-hydrogen) atoms. The number of hydrogen-bond acceptors (Lipinski definition) is 2. The van der Waals surface area contributed by atoms with Crippen LogP contribution in [0.5, 0.6) is 0 Å². The van der Waals surface area contributed by atoms with Crippen LogP contribution >= 0.6 is 24.0 Å². The van der Waals surface area contributed by atoms with Crippen LogP contribution in [-0.4, -0.2) is 5.16 Å². The number of alkyl halides is 3. The maximum Gasteiger partial charge on any atom is 0.269 e. The zero-order valence-corrected chi connectivity index (χ0v) is 7.75. The molecular formula is C6H7Cl2F2NO. The molecule has 0 aliphatic carbocycles. The summed E-state index contributed by atoms with van der Waals surface area (Å²) in [6, 6.07) is 0. The maximum absolute atomic E-state index is 12.2. The lowest BCUT2D eigenvalue weighted by molar-refractivity contribution is 0.148. The van der Waals surface area contributed by atoms with Gasteiger partial charge in [-0.25, -0.2) is 8.78 Å². The van der Waals surface area contributed by atoms with Gasteiger partial charge in [0.25, 0.3) is 6.43 Å². The van der Waals surface area contributed by atoms with E-state index < -0.39 is 6.43 Å². The minimum absolute atomic E-state index is 0. The molecule has 0 aliphatic heterocycles. The number of halogens is 4. The van der Waals surface area contributed by atoms with Gasteiger partial charge in [0.1, 0.15) is 11.5 Å². The van der Waals surface area contributed by atoms with E-state index in [1.165, 1.54) is 6.92 Å². The van der Waals surface area contributed by atoms with Gasteiger partial charge in [0, 0.05) is 0 Å². The van der Waals surface area contributed by atoms with Crippen LogP contribution in [0.4, 0.5) is 8.78 Å². The Labute approximate surface area is 79.3 Å². The molecule has 0 saturated heterocycles. The van der Waals surface area contributed by atoms with E-state index in [1.807, 2.05) is 0 Å². The van der Waals surface area contributed by atoms with Crippen molar-refractivity contribution in [3.8, 4) is 0 Å². The average molecular weight is 218 g/mol. The molecule has 0 amide bonds. The molecule has 0 fully saturated rings. The fraction of sp³-hybridized carbons (Fsp3) is 0.500. The SMILES string of the molecule is Cc1onc(CCl)c1C(F)F.Cl. The van der Waals surface area contributed by atoms with Crippen LogP contribution in [0.25, 0.3) is 0 Å². The predicted octanol–water partition coefficient (Wildman–Crippen LogP) is 3.08. The van der Waals surface area contributed by atoms with E-state index in [-0.39, 0.29) is 35.3 Å². The predicted molar refractivity (Wildman–Crippen MR) is 43.0 cm³/mol. The van der Waals surface area contributed by atoms with Crippen molar-refractivity contribution >= 4 is 24.0 Å². The molecule has 1 rings (SSSR count). The molecule has 0 saturated carbocycles. The second kappa shape index (κ2) is 4.62. The van der Waals surface area contributed by atoms with Gasteiger partial charge in [-0.2, -0.15) is 0 Å². The molecule has 0 aliphatic rings. The molecule has 0 radical (unpaired) electrons. The number of aryl methyl sites for hydroxylation is 1. The summed E-state index contributed by atoms with van der Waals surface area (Å²) in [6.07, 6.45) is -2.56. The van der Waals surface area contributed by atoms with Gasteiger partial charge in [0.05, 0.1) is 11.4 Å². The zero-order valence-electron chi connectivity index (χ0n) is 6.18. The van der Waals surface area contributed by atoms with E-state index in [0.717, 1.165) is 0 Å². The first-order chi connectivity index (χ1) is 5.16. The standard InChI is InChI=1S/C6H6ClF2NO.ClH/c1-3-5(6(8)9)4(2-7)10-11-3;/h6H,2H2,1H3;1H. The fourth-order valence-corrected chi connectivity index (χ4v) is 0.994. The topological polar surface area (TPSA) is 26.0 Å². The van der Waals surface area contributed by atoms with E-state index in [0.29, 0.717) is 0 Å². The van der Waals surface area contributed by atoms with Crippen LogP contribution in [0.15, 0.2) is 4.52 Å². The Balaban J connectivity index is 0.00000121. The van der Waals surface area contributed by atoms with Crippen LogP contribution in [0.3, 0.4) is 0 Å². The third-order valence-corrected chi connectivity index (χ3v) is 1.58. The zero-order chi connectivity index (χ0) is 8.43. The smallest absolute Gasteiger partial charge is 0.269 e. The minimum Gasteiger partial charge on any atom is -0.361 e. The van der Waals surface area contributed by atoms with Crippen molar-refractivity contribution in [3.63, 3.8) is 0 Å². The van der Waals surface area contributed by atoms with Gasteiger partial charge < -0.3 is 4.52 Å². The van der Waals surface area contributed by atoms with Gasteiger partial charge in [0.15, 0.2) is 0 Å². The first-order valence-electron chi connectivity index (χ1n) is 2.96. The Bertz CT molecular complexity index is 252. The highest BCUT2D eigenvalue weighted by Crippen LogP contribution is 2.26. The van der Waals surface area contributed by atoms with E-state index >= 15 is 0 Å². The third-order valence-electron chi connectivity index (χ3n) is 1.33. The molecule has 0 aromatic carbocycles. The van der Waals surface area contributed by atoms with Gasteiger partial charge >= 0.3 is 0 Å². The summed E-state index contributed by atoms with van der Waals surface area (Å²) in [4.78, 5) is 0. The lowest BCUT2D eigenvalue weighted by Gasteiger charge is -1.95. The molecule has 6 heteroatoms. The van der Waals surface area contributed by atoms with Crippen molar-refractivity contribution in [1.29, 1.82) is 0 Å². The van der Waals surface area contributed by atoms with E-state index in [2.05, 4.69) is 9.68 Å². The second-order valence-corrected chi connectivity index (χ2v) is 2.30. The molecule has 1 aromatic heterocycles. The third kappa shape index (κ3) is 2.08. The second-order valence-electron chi connectivity index (χ2n) is 2.03. The highest BCUT2D eigenvalue weighted by atomic mass is 35.5. The minimum atomic E-state index is -2.56. The Hall–Kier alpha value is -0.350. The lowest BCUT2D eigenvalue weighted by atomic mass is 10.2. The van der Waals surface area contributed by atoms with Crippen molar-refractivity contribution in [2.45, 2.75) is 19.2 Å². The molecule has 70 valence electrons. The molecule has 0 N–H and O–H groups in total. The molecule has 2 nitrogen and oxygen atoms in total. The van der Waals surface area contributed by atoms with Crippen LogP contribution in [0.2, 0.25) is 0 Å². The highest BCUT2D eigenvalue weighted by molar-refractivity contribution is 6.17. The Morgan fingerprint density at radius 1 is 1.58 bits per heavy atom. The summed E-state index contributed by atoms with van der Waals surface area (Å²) in [5.41, 5.74) is -0.0563. The average Bonchev–Trinajstić information content (AvgIpc) is 2.30. The lowest BCUT2D eigenvalue weighted by Crippen LogP contribution is -1.89. The number of nitrogens with zero attached hydrogens (tertiary/aromatic N) is 1. The van der Waals surface area contributed by atoms with Crippen molar-refractivity contribution in [3.05, 3.63) is 17.0 Å². The van der Waals surface area contributed by atoms with Crippen LogP contribution in [-0.2, 0) is 5.88 Å². The molecule has 0 unspecified atom stereocenters. The maximum atomic E-state index is 12.2. The summed E-state index contributed by atoms with van der Waals surface area (Å²) < 4.78 is 28.8. The summed E-state index contributed by atoms with van der Waals surface area (Å²) >= 11 is 5.33. The van der Waals surface area contributed by atoms with Crippen LogP contribution < -0.4 is 0 Å². The first-order valence-corrected chi connectivity index (χ1v) is 3.49. The van der Waals surface area contributed by atoms with Crippen LogP contribution in [0.1, 0.15) is 23.4 Å². The summed E-state index contributed by atoms with van der Waals surface area (Å²) in [6.45, 7) is 1.44. The fourth-order valence-electron chi connectivity index (χ4n) is 0.801. The summed E-state index contributed by atoms with van der Waals surface area (Å²) in [5.74, 6) is 0.0902. The Kier molecular flexibility index (Phi) is 4.49. The number of hydrogen-bond donors (Lipinski definition) is 0. The van der Waals surface area contributed by atoms with E-state index in [9.17, 15) is 8.78 Å². The van der Waals surface area contributed by atoms with Gasteiger partial charge in [-0.1, -0.05) is 5.16 Å². The Morgan fingerprint density at radius 2 is 2.17 bits per heavy atom. The molecule has 0 atom stereocenters. The van der Waals surface area contributed by atoms with Gasteiger partial charge in [-0.3, -0.25) is 0 Å². The monoisotopic (exact) mass is 217 g/mol. The molecular weight excluding hydrogens is 211 g/mol. The number of rotatable bonds is 2. The molecule has 1 heterocycles. The summed E-state index contributed by atoms with van der Waals surface area (Å²) in [7, 11) is 0. The van der Waals surface area contributed by atoms with Gasteiger partial charge in [-0.15, -0.1) is 24.0 Å². The van der Waals surface area contributed by atoms with E-state index in [1.54, 1.807) is 0 Å². The normalized spacial score (nSPS) is 10.1. The van der Waals surface area contributed by atoms with Crippen molar-refractivity contribution in [2.75, 3.05) is 0 Å². The quantitative estimate of drug-likeness (QED) is 0.712. The summed E-state index contributed by atoms with van der Waals surface area (Å²) in [5, 5.41) is 3.37. The molecule has 0 spiro atoms. The molecule has 1 aromatic rings. The van der Waals surface area contributed by atoms with Crippen molar-refractivity contribution < 1.29 is 13.3 Å². The molecule has 0 bridgehead atoms. The largest absolute Gasteiger partial charge is 0.361 e. The Morgan fingerprint density at radius 3 is 2.50 bits per heavy atom. The van der Waals surface area contributed by atoms with Crippen LogP contribution in [0, 0.1) is 6.92 Å². The van der Waals surface area contributed by atoms with Gasteiger partial charge in [-0.05, 0) is 6.92 Å². The highest BCUT2D eigenvalue weighted by Gasteiger charge is 2.20.